The van der Waals surface area contributed by atoms with Gasteiger partial charge in [-0.25, -0.2) is 4.79 Å². The summed E-state index contributed by atoms with van der Waals surface area (Å²) in [5.41, 5.74) is 3.12. The Morgan fingerprint density at radius 2 is 1.86 bits per heavy atom. The van der Waals surface area contributed by atoms with Crippen molar-refractivity contribution in [2.24, 2.45) is 0 Å². The quantitative estimate of drug-likeness (QED) is 0.195. The molecule has 0 unspecified atom stereocenters. The topological polar surface area (TPSA) is 90.9 Å². The average Bonchev–Trinajstić information content (AvgIpc) is 3.20. The zero-order valence-electron chi connectivity index (χ0n) is 19.4. The van der Waals surface area contributed by atoms with Crippen molar-refractivity contribution in [3.8, 4) is 11.5 Å². The second kappa shape index (κ2) is 11.3. The second-order valence-electron chi connectivity index (χ2n) is 7.94. The molecule has 0 radical (unpaired) electrons. The summed E-state index contributed by atoms with van der Waals surface area (Å²) < 4.78 is 13.9. The molecule has 0 atom stereocenters. The predicted molar refractivity (Wildman–Crippen MR) is 135 cm³/mol. The predicted octanol–water partition coefficient (Wildman–Crippen LogP) is 5.86. The van der Waals surface area contributed by atoms with Crippen LogP contribution in [0, 0.1) is 6.92 Å². The van der Waals surface area contributed by atoms with Gasteiger partial charge in [-0.2, -0.15) is 0 Å². The third-order valence-electron chi connectivity index (χ3n) is 5.53. The molecule has 0 bridgehead atoms. The summed E-state index contributed by atoms with van der Waals surface area (Å²) in [6, 6.07) is 8.83. The molecule has 2 aromatic carbocycles. The molecule has 3 rings (SSSR count). The van der Waals surface area contributed by atoms with E-state index in [2.05, 4.69) is 5.32 Å². The Kier molecular flexibility index (Phi) is 8.70. The van der Waals surface area contributed by atoms with E-state index in [1.165, 1.54) is 7.11 Å². The van der Waals surface area contributed by atoms with Crippen molar-refractivity contribution in [1.82, 2.24) is 0 Å². The molecule has 0 fully saturated rings. The van der Waals surface area contributed by atoms with Crippen LogP contribution in [-0.2, 0) is 27.4 Å². The normalized spacial score (nSPS) is 13.2. The van der Waals surface area contributed by atoms with Crippen LogP contribution in [0.25, 0.3) is 0 Å². The number of halogens is 3. The summed E-state index contributed by atoms with van der Waals surface area (Å²) in [6.07, 6.45) is 2.79. The van der Waals surface area contributed by atoms with Crippen LogP contribution in [0.3, 0.4) is 0 Å². The van der Waals surface area contributed by atoms with Crippen LogP contribution in [0.2, 0.25) is 0 Å². The summed E-state index contributed by atoms with van der Waals surface area (Å²) >= 11 is 17.3. The third kappa shape index (κ3) is 6.48. The van der Waals surface area contributed by atoms with Crippen molar-refractivity contribution in [1.29, 1.82) is 0 Å². The fourth-order valence-electron chi connectivity index (χ4n) is 3.72. The number of benzene rings is 2. The number of carbonyl (C=O) groups excluding carboxylic acids is 3. The van der Waals surface area contributed by atoms with E-state index in [0.717, 1.165) is 5.57 Å². The van der Waals surface area contributed by atoms with Gasteiger partial charge in [0.1, 0.15) is 18.1 Å². The third-order valence-corrected chi connectivity index (χ3v) is 6.04. The van der Waals surface area contributed by atoms with Gasteiger partial charge >= 0.3 is 11.9 Å². The number of alkyl halides is 3. The maximum Gasteiger partial charge on any atom is 0.341 e. The number of fused-ring (bicyclic) bond motifs is 1. The Hall–Kier alpha value is -2.74. The number of methoxy groups -OCH3 is 1. The Labute approximate surface area is 218 Å². The molecule has 10 heteroatoms. The number of nitrogens with one attached hydrogen (secondary N) is 1. The number of cyclic esters (lactones) is 1. The van der Waals surface area contributed by atoms with Gasteiger partial charge in [-0.15, -0.1) is 0 Å². The first-order chi connectivity index (χ1) is 16.5. The number of para-hydroxylation sites is 1. The van der Waals surface area contributed by atoms with Crippen molar-refractivity contribution >= 4 is 58.3 Å². The molecule has 1 aliphatic rings. The van der Waals surface area contributed by atoms with Gasteiger partial charge in [0.25, 0.3) is 9.70 Å². The maximum absolute atomic E-state index is 12.5. The Bertz CT molecular complexity index is 1170. The van der Waals surface area contributed by atoms with Gasteiger partial charge in [0.15, 0.2) is 0 Å². The van der Waals surface area contributed by atoms with Crippen molar-refractivity contribution in [2.75, 3.05) is 12.4 Å². The van der Waals surface area contributed by atoms with Gasteiger partial charge in [0.2, 0.25) is 0 Å². The van der Waals surface area contributed by atoms with Crippen LogP contribution in [0.15, 0.2) is 42.0 Å². The number of anilines is 1. The molecule has 1 amide bonds. The van der Waals surface area contributed by atoms with Gasteiger partial charge in [0.05, 0.1) is 18.4 Å². The number of ether oxygens (including phenoxy) is 3. The molecule has 35 heavy (non-hydrogen) atoms. The van der Waals surface area contributed by atoms with Crippen LogP contribution in [0.5, 0.6) is 11.5 Å². The highest BCUT2D eigenvalue weighted by Gasteiger charge is 2.36. The van der Waals surface area contributed by atoms with Gasteiger partial charge in [-0.05, 0) is 44.4 Å². The summed E-state index contributed by atoms with van der Waals surface area (Å²) in [5.74, 6) is -0.891. The Morgan fingerprint density at radius 3 is 2.49 bits per heavy atom. The summed E-state index contributed by atoms with van der Waals surface area (Å²) in [7, 11) is 1.49. The molecule has 1 N–H and O–H groups in total. The highest BCUT2D eigenvalue weighted by atomic mass is 35.6. The highest BCUT2D eigenvalue weighted by Crippen LogP contribution is 2.42. The van der Waals surface area contributed by atoms with E-state index in [1.54, 1.807) is 31.2 Å². The Morgan fingerprint density at radius 1 is 1.17 bits per heavy atom. The number of amides is 1. The van der Waals surface area contributed by atoms with Crippen LogP contribution in [0.1, 0.15) is 46.8 Å². The molecule has 186 valence electrons. The largest absolute Gasteiger partial charge is 0.496 e. The first-order valence-electron chi connectivity index (χ1n) is 10.7. The van der Waals surface area contributed by atoms with Gasteiger partial charge in [-0.3, -0.25) is 9.59 Å². The standard InChI is InChI=1S/C25H24Cl3NO6/c1-14(10-12-19(30)35-16-7-5-4-6-8-16)9-11-17-21(29-24(32)25(26,27)28)20-18(13-34-23(20)31)15(2)22(17)33-3/h4-9H,10-13H2,1-3H3,(H,29,32)/b14-9+. The van der Waals surface area contributed by atoms with E-state index in [0.29, 0.717) is 34.6 Å². The van der Waals surface area contributed by atoms with E-state index in [9.17, 15) is 14.4 Å². The first kappa shape index (κ1) is 26.9. The number of rotatable bonds is 8. The van der Waals surface area contributed by atoms with Crippen molar-refractivity contribution in [3.05, 3.63) is 64.2 Å². The molecule has 7 nitrogen and oxygen atoms in total. The molecule has 0 aliphatic carbocycles. The molecular formula is C25H24Cl3NO6. The molecule has 0 aromatic heterocycles. The fourth-order valence-corrected chi connectivity index (χ4v) is 3.87. The van der Waals surface area contributed by atoms with Crippen LogP contribution in [-0.4, -0.2) is 28.7 Å². The second-order valence-corrected chi connectivity index (χ2v) is 10.2. The lowest BCUT2D eigenvalue weighted by Gasteiger charge is -2.21. The first-order valence-corrected chi connectivity index (χ1v) is 11.8. The van der Waals surface area contributed by atoms with Crippen LogP contribution >= 0.6 is 34.8 Å². The summed E-state index contributed by atoms with van der Waals surface area (Å²) in [5, 5.41) is 2.57. The fraction of sp³-hybridized carbons (Fsp3) is 0.320. The molecule has 0 spiro atoms. The number of carbonyl (C=O) groups is 3. The number of allylic oxidation sites excluding steroid dienone is 2. The monoisotopic (exact) mass is 539 g/mol. The van der Waals surface area contributed by atoms with E-state index >= 15 is 0 Å². The molecule has 0 saturated heterocycles. The molecule has 2 aromatic rings. The minimum absolute atomic E-state index is 0.0473. The average molecular weight is 541 g/mol. The van der Waals surface area contributed by atoms with Crippen LogP contribution < -0.4 is 14.8 Å². The van der Waals surface area contributed by atoms with Gasteiger partial charge in [0, 0.05) is 17.5 Å². The molecule has 0 saturated carbocycles. The lowest BCUT2D eigenvalue weighted by atomic mass is 9.93. The number of esters is 2. The number of hydrogen-bond acceptors (Lipinski definition) is 6. The van der Waals surface area contributed by atoms with Crippen molar-refractivity contribution < 1.29 is 28.6 Å². The smallest absolute Gasteiger partial charge is 0.341 e. The minimum atomic E-state index is -2.24. The van der Waals surface area contributed by atoms with Crippen LogP contribution in [0.4, 0.5) is 5.69 Å². The van der Waals surface area contributed by atoms with E-state index in [4.69, 9.17) is 49.0 Å². The Balaban J connectivity index is 1.85. The number of hydrogen-bond donors (Lipinski definition) is 1. The highest BCUT2D eigenvalue weighted by molar-refractivity contribution is 6.76. The lowest BCUT2D eigenvalue weighted by molar-refractivity contribution is -0.134. The lowest BCUT2D eigenvalue weighted by Crippen LogP contribution is -2.28. The van der Waals surface area contributed by atoms with E-state index in [-0.39, 0.29) is 36.7 Å². The zero-order chi connectivity index (χ0) is 25.8. The zero-order valence-corrected chi connectivity index (χ0v) is 21.6. The van der Waals surface area contributed by atoms with Gasteiger partial charge < -0.3 is 19.5 Å². The van der Waals surface area contributed by atoms with E-state index < -0.39 is 15.7 Å². The maximum atomic E-state index is 12.5. The molecular weight excluding hydrogens is 517 g/mol. The SMILES string of the molecule is COc1c(C)c2c(c(NC(=O)C(Cl)(Cl)Cl)c1C/C=C(\C)CCC(=O)Oc1ccccc1)C(=O)OC2. The minimum Gasteiger partial charge on any atom is -0.496 e. The molecule has 1 aliphatic heterocycles. The van der Waals surface area contributed by atoms with E-state index in [1.807, 2.05) is 19.1 Å². The summed E-state index contributed by atoms with van der Waals surface area (Å²) in [6.45, 7) is 3.72. The van der Waals surface area contributed by atoms with Gasteiger partial charge in [-0.1, -0.05) is 64.7 Å². The summed E-state index contributed by atoms with van der Waals surface area (Å²) in [4.78, 5) is 37.1. The molecule has 1 heterocycles. The van der Waals surface area contributed by atoms with Crippen molar-refractivity contribution in [2.45, 2.75) is 43.5 Å². The van der Waals surface area contributed by atoms with Crippen molar-refractivity contribution in [3.63, 3.8) is 0 Å².